The van der Waals surface area contributed by atoms with Crippen molar-refractivity contribution in [2.45, 2.75) is 45.6 Å². The number of hydrogen-bond donors (Lipinski definition) is 2. The van der Waals surface area contributed by atoms with E-state index in [9.17, 15) is 22.4 Å². The average Bonchev–Trinajstić information content (AvgIpc) is 2.85. The molecule has 1 fully saturated rings. The molecule has 37 heavy (non-hydrogen) atoms. The van der Waals surface area contributed by atoms with Crippen LogP contribution in [0.2, 0.25) is 0 Å². The topological polar surface area (TPSA) is 92.3 Å². The van der Waals surface area contributed by atoms with Gasteiger partial charge < -0.3 is 20.3 Å². The molecule has 0 unspecified atom stereocenters. The number of halogens is 4. The van der Waals surface area contributed by atoms with Crippen LogP contribution in [0.15, 0.2) is 42.7 Å². The Morgan fingerprint density at radius 1 is 1.14 bits per heavy atom. The number of carbonyl (C=O) groups excluding carboxylic acids is 1. The van der Waals surface area contributed by atoms with Crippen LogP contribution in [0.1, 0.15) is 36.5 Å². The largest absolute Gasteiger partial charge is 0.419 e. The van der Waals surface area contributed by atoms with E-state index in [2.05, 4.69) is 25.6 Å². The molecule has 0 atom stereocenters. The Kier molecular flexibility index (Phi) is 7.86. The average molecular weight is 519 g/mol. The molecule has 0 spiro atoms. The highest BCUT2D eigenvalue weighted by Gasteiger charge is 2.34. The Morgan fingerprint density at radius 2 is 1.86 bits per heavy atom. The number of amides is 1. The predicted octanol–water partition coefficient (Wildman–Crippen LogP) is 5.23. The van der Waals surface area contributed by atoms with E-state index in [4.69, 9.17) is 4.74 Å². The van der Waals surface area contributed by atoms with Crippen LogP contribution in [0, 0.1) is 12.7 Å². The third kappa shape index (κ3) is 6.70. The summed E-state index contributed by atoms with van der Waals surface area (Å²) >= 11 is 0. The molecule has 2 heterocycles. The van der Waals surface area contributed by atoms with Gasteiger partial charge in [-0.2, -0.15) is 18.2 Å². The number of nitrogens with zero attached hydrogens (tertiary/aromatic N) is 4. The number of nitrogens with one attached hydrogen (secondary N) is 2. The molecule has 0 radical (unpaired) electrons. The van der Waals surface area contributed by atoms with E-state index >= 15 is 0 Å². The van der Waals surface area contributed by atoms with Crippen LogP contribution in [-0.2, 0) is 22.3 Å². The van der Waals surface area contributed by atoms with Crippen LogP contribution in [0.5, 0.6) is 0 Å². The van der Waals surface area contributed by atoms with E-state index in [1.165, 1.54) is 19.3 Å². The van der Waals surface area contributed by atoms with Gasteiger partial charge in [0.1, 0.15) is 12.1 Å². The molecule has 196 valence electrons. The Bertz CT molecular complexity index is 1260. The van der Waals surface area contributed by atoms with Crippen LogP contribution in [0.3, 0.4) is 0 Å². The van der Waals surface area contributed by atoms with Gasteiger partial charge >= 0.3 is 6.18 Å². The number of piperidine rings is 1. The summed E-state index contributed by atoms with van der Waals surface area (Å²) < 4.78 is 58.1. The van der Waals surface area contributed by atoms with Gasteiger partial charge in [0, 0.05) is 31.4 Å². The number of anilines is 4. The number of rotatable bonds is 7. The van der Waals surface area contributed by atoms with Gasteiger partial charge in [-0.05, 0) is 55.2 Å². The Morgan fingerprint density at radius 3 is 2.57 bits per heavy atom. The van der Waals surface area contributed by atoms with Crippen molar-refractivity contribution in [3.63, 3.8) is 0 Å². The molecule has 2 N–H and O–H groups in total. The molecular formula is C25H26F4N6O2. The standard InChI is InChI=1S/C25H26F4N6O2/c1-15-21(32-16(2)36)4-3-5-22(15)33-23-30-14-31-24(34-23)35-10-8-18(9-11-35)37-13-17-6-7-20(26)19(12-17)25(27,28)29/h3-7,12,14,18H,8-11,13H2,1-2H3,(H,32,36)(H,30,31,33,34). The number of benzene rings is 2. The lowest BCUT2D eigenvalue weighted by Gasteiger charge is -2.32. The van der Waals surface area contributed by atoms with Gasteiger partial charge in [0.2, 0.25) is 17.8 Å². The quantitative estimate of drug-likeness (QED) is 0.414. The Balaban J connectivity index is 1.34. The van der Waals surface area contributed by atoms with Gasteiger partial charge in [-0.25, -0.2) is 14.4 Å². The first-order valence-electron chi connectivity index (χ1n) is 11.7. The molecule has 1 aliphatic rings. The van der Waals surface area contributed by atoms with Gasteiger partial charge in [0.15, 0.2) is 0 Å². The second kappa shape index (κ2) is 11.1. The minimum Gasteiger partial charge on any atom is -0.373 e. The fourth-order valence-corrected chi connectivity index (χ4v) is 4.03. The lowest BCUT2D eigenvalue weighted by Crippen LogP contribution is -2.38. The lowest BCUT2D eigenvalue weighted by atomic mass is 10.1. The lowest BCUT2D eigenvalue weighted by molar-refractivity contribution is -0.140. The van der Waals surface area contributed by atoms with Gasteiger partial charge in [0.25, 0.3) is 0 Å². The van der Waals surface area contributed by atoms with E-state index in [0.29, 0.717) is 43.5 Å². The SMILES string of the molecule is CC(=O)Nc1cccc(Nc2ncnc(N3CCC(OCc4ccc(F)c(C(F)(F)F)c4)CC3)n2)c1C. The fourth-order valence-electron chi connectivity index (χ4n) is 4.03. The van der Waals surface area contributed by atoms with Crippen LogP contribution in [0.25, 0.3) is 0 Å². The summed E-state index contributed by atoms with van der Waals surface area (Å²) in [7, 11) is 0. The first-order chi connectivity index (χ1) is 17.6. The minimum atomic E-state index is -4.75. The molecule has 1 amide bonds. The van der Waals surface area contributed by atoms with Crippen molar-refractivity contribution in [2.75, 3.05) is 28.6 Å². The summed E-state index contributed by atoms with van der Waals surface area (Å²) in [5.74, 6) is -0.631. The molecule has 3 aromatic rings. The molecule has 0 aliphatic carbocycles. The third-order valence-electron chi connectivity index (χ3n) is 6.00. The zero-order valence-corrected chi connectivity index (χ0v) is 20.3. The summed E-state index contributed by atoms with van der Waals surface area (Å²) in [6, 6.07) is 8.37. The maximum absolute atomic E-state index is 13.5. The van der Waals surface area contributed by atoms with Crippen LogP contribution < -0.4 is 15.5 Å². The maximum atomic E-state index is 13.5. The van der Waals surface area contributed by atoms with E-state index < -0.39 is 17.6 Å². The van der Waals surface area contributed by atoms with Crippen LogP contribution in [-0.4, -0.2) is 40.1 Å². The number of ether oxygens (including phenoxy) is 1. The highest BCUT2D eigenvalue weighted by Crippen LogP contribution is 2.32. The second-order valence-corrected chi connectivity index (χ2v) is 8.70. The van der Waals surface area contributed by atoms with Crippen LogP contribution in [0.4, 0.5) is 40.8 Å². The molecule has 1 aliphatic heterocycles. The number of carbonyl (C=O) groups is 1. The highest BCUT2D eigenvalue weighted by atomic mass is 19.4. The Hall–Kier alpha value is -3.80. The predicted molar refractivity (Wildman–Crippen MR) is 130 cm³/mol. The van der Waals surface area contributed by atoms with E-state index in [-0.39, 0.29) is 24.2 Å². The van der Waals surface area contributed by atoms with Crippen molar-refractivity contribution in [3.8, 4) is 0 Å². The van der Waals surface area contributed by atoms with Crippen molar-refractivity contribution in [1.29, 1.82) is 0 Å². The van der Waals surface area contributed by atoms with Gasteiger partial charge in [-0.15, -0.1) is 0 Å². The number of aromatic nitrogens is 3. The van der Waals surface area contributed by atoms with Gasteiger partial charge in [-0.3, -0.25) is 4.79 Å². The summed E-state index contributed by atoms with van der Waals surface area (Å²) in [6.45, 7) is 4.45. The zero-order chi connectivity index (χ0) is 26.6. The maximum Gasteiger partial charge on any atom is 0.419 e. The summed E-state index contributed by atoms with van der Waals surface area (Å²) in [5.41, 5.74) is 1.23. The van der Waals surface area contributed by atoms with Gasteiger partial charge in [-0.1, -0.05) is 12.1 Å². The van der Waals surface area contributed by atoms with Crippen molar-refractivity contribution in [3.05, 3.63) is 65.2 Å². The second-order valence-electron chi connectivity index (χ2n) is 8.70. The van der Waals surface area contributed by atoms with Crippen molar-refractivity contribution in [1.82, 2.24) is 15.0 Å². The third-order valence-corrected chi connectivity index (χ3v) is 6.00. The molecule has 8 nitrogen and oxygen atoms in total. The first-order valence-corrected chi connectivity index (χ1v) is 11.7. The minimum absolute atomic E-state index is 0.0370. The monoisotopic (exact) mass is 518 g/mol. The summed E-state index contributed by atoms with van der Waals surface area (Å²) in [5, 5.41) is 5.94. The molecular weight excluding hydrogens is 492 g/mol. The normalized spacial score (nSPS) is 14.5. The molecule has 1 aromatic heterocycles. The van der Waals surface area contributed by atoms with Crippen LogP contribution >= 0.6 is 0 Å². The number of hydrogen-bond acceptors (Lipinski definition) is 7. The zero-order valence-electron chi connectivity index (χ0n) is 20.3. The highest BCUT2D eigenvalue weighted by molar-refractivity contribution is 5.90. The van der Waals surface area contributed by atoms with Crippen molar-refractivity contribution in [2.24, 2.45) is 0 Å². The molecule has 12 heteroatoms. The molecule has 2 aromatic carbocycles. The van der Waals surface area contributed by atoms with E-state index in [1.54, 1.807) is 6.07 Å². The summed E-state index contributed by atoms with van der Waals surface area (Å²) in [4.78, 5) is 26.4. The molecule has 1 saturated heterocycles. The molecule has 0 saturated carbocycles. The van der Waals surface area contributed by atoms with E-state index in [0.717, 1.165) is 23.4 Å². The Labute approximate surface area is 211 Å². The number of alkyl halides is 3. The van der Waals surface area contributed by atoms with E-state index in [1.807, 2.05) is 24.0 Å². The summed E-state index contributed by atoms with van der Waals surface area (Å²) in [6.07, 6.45) is -2.25. The molecule has 4 rings (SSSR count). The van der Waals surface area contributed by atoms with Crippen molar-refractivity contribution >= 4 is 29.2 Å². The van der Waals surface area contributed by atoms with Crippen molar-refractivity contribution < 1.29 is 27.1 Å². The molecule has 0 bridgehead atoms. The van der Waals surface area contributed by atoms with Gasteiger partial charge in [0.05, 0.1) is 18.3 Å². The fraction of sp³-hybridized carbons (Fsp3) is 0.360. The first kappa shape index (κ1) is 26.3. The smallest absolute Gasteiger partial charge is 0.373 e.